The van der Waals surface area contributed by atoms with Gasteiger partial charge in [0.2, 0.25) is 0 Å². The summed E-state index contributed by atoms with van der Waals surface area (Å²) in [5.41, 5.74) is 0.769. The van der Waals surface area contributed by atoms with Crippen LogP contribution in [0.1, 0.15) is 45.5 Å². The predicted octanol–water partition coefficient (Wildman–Crippen LogP) is 4.62. The van der Waals surface area contributed by atoms with Crippen LogP contribution in [0, 0.1) is 0 Å². The fourth-order valence-electron chi connectivity index (χ4n) is 2.96. The molecular formula is C18H22BrN3O3. The number of aromatic hydroxyl groups is 1. The number of phenols is 1. The maximum absolute atomic E-state index is 12.4. The zero-order valence-corrected chi connectivity index (χ0v) is 16.1. The maximum Gasteiger partial charge on any atom is 0.410 e. The number of likely N-dealkylation sites (tertiary alicyclic amines) is 1. The van der Waals surface area contributed by atoms with Gasteiger partial charge >= 0.3 is 6.09 Å². The third kappa shape index (κ3) is 3.98. The largest absolute Gasteiger partial charge is 0.507 e. The van der Waals surface area contributed by atoms with Crippen molar-refractivity contribution in [1.82, 2.24) is 14.9 Å². The molecule has 1 atom stereocenters. The third-order valence-electron chi connectivity index (χ3n) is 4.03. The summed E-state index contributed by atoms with van der Waals surface area (Å²) in [6.07, 6.45) is 3.17. The summed E-state index contributed by atoms with van der Waals surface area (Å²) in [5, 5.41) is 10.1. The van der Waals surface area contributed by atoms with Crippen LogP contribution < -0.4 is 0 Å². The first-order valence-electron chi connectivity index (χ1n) is 8.28. The second-order valence-electron chi connectivity index (χ2n) is 7.16. The van der Waals surface area contributed by atoms with Gasteiger partial charge in [0.1, 0.15) is 17.2 Å². The van der Waals surface area contributed by atoms with Crippen molar-refractivity contribution in [3.05, 3.63) is 34.7 Å². The number of aromatic amines is 1. The minimum atomic E-state index is -0.526. The van der Waals surface area contributed by atoms with E-state index in [1.54, 1.807) is 23.2 Å². The number of H-pyrrole nitrogens is 1. The van der Waals surface area contributed by atoms with Crippen molar-refractivity contribution in [2.45, 2.75) is 45.3 Å². The molecule has 6 nitrogen and oxygen atoms in total. The molecule has 1 aromatic heterocycles. The average molecular weight is 408 g/mol. The molecule has 1 amide bonds. The molecule has 0 spiro atoms. The van der Waals surface area contributed by atoms with Gasteiger partial charge in [-0.15, -0.1) is 0 Å². The molecule has 0 bridgehead atoms. The molecule has 2 aromatic rings. The Kier molecular flexibility index (Phi) is 4.77. The summed E-state index contributed by atoms with van der Waals surface area (Å²) in [5.74, 6) is 0.864. The third-order valence-corrected chi connectivity index (χ3v) is 4.52. The molecule has 2 heterocycles. The van der Waals surface area contributed by atoms with E-state index in [-0.39, 0.29) is 17.9 Å². The van der Waals surface area contributed by atoms with E-state index >= 15 is 0 Å². The molecule has 0 aliphatic carbocycles. The van der Waals surface area contributed by atoms with Crippen molar-refractivity contribution in [3.63, 3.8) is 0 Å². The maximum atomic E-state index is 12.4. The van der Waals surface area contributed by atoms with Crippen molar-refractivity contribution < 1.29 is 14.6 Å². The number of hydrogen-bond donors (Lipinski definition) is 2. The molecule has 1 aromatic carbocycles. The first-order chi connectivity index (χ1) is 11.7. The fourth-order valence-corrected chi connectivity index (χ4v) is 3.31. The van der Waals surface area contributed by atoms with E-state index < -0.39 is 5.60 Å². The summed E-state index contributed by atoms with van der Waals surface area (Å²) in [4.78, 5) is 21.9. The van der Waals surface area contributed by atoms with Crippen LogP contribution in [0.3, 0.4) is 0 Å². The highest BCUT2D eigenvalue weighted by Gasteiger charge is 2.34. The van der Waals surface area contributed by atoms with Gasteiger partial charge in [0.15, 0.2) is 0 Å². The summed E-state index contributed by atoms with van der Waals surface area (Å²) < 4.78 is 6.30. The summed E-state index contributed by atoms with van der Waals surface area (Å²) in [7, 11) is 0. The molecule has 2 N–H and O–H groups in total. The first-order valence-corrected chi connectivity index (χ1v) is 9.08. The topological polar surface area (TPSA) is 78.4 Å². The van der Waals surface area contributed by atoms with E-state index in [4.69, 9.17) is 4.74 Å². The Morgan fingerprint density at radius 1 is 1.44 bits per heavy atom. The molecule has 25 heavy (non-hydrogen) atoms. The quantitative estimate of drug-likeness (QED) is 0.760. The van der Waals surface area contributed by atoms with E-state index in [9.17, 15) is 9.90 Å². The second-order valence-corrected chi connectivity index (χ2v) is 8.08. The summed E-state index contributed by atoms with van der Waals surface area (Å²) in [6.45, 7) is 6.23. The number of carbonyl (C=O) groups is 1. The number of carbonyl (C=O) groups excluding carboxylic acids is 1. The number of halogens is 1. The number of rotatable bonds is 2. The SMILES string of the molecule is CC(C)(C)OC(=O)N1CCCC1c1nc(-c2ccc(Br)cc2O)c[nH]1. The highest BCUT2D eigenvalue weighted by Crippen LogP contribution is 2.35. The van der Waals surface area contributed by atoms with Gasteiger partial charge in [-0.2, -0.15) is 0 Å². The minimum Gasteiger partial charge on any atom is -0.507 e. The zero-order chi connectivity index (χ0) is 18.2. The lowest BCUT2D eigenvalue weighted by atomic mass is 10.1. The molecule has 0 radical (unpaired) electrons. The molecule has 1 unspecified atom stereocenters. The van der Waals surface area contributed by atoms with Crippen LogP contribution in [-0.4, -0.2) is 38.2 Å². The first kappa shape index (κ1) is 17.8. The smallest absolute Gasteiger partial charge is 0.410 e. The molecular weight excluding hydrogens is 386 g/mol. The molecule has 1 fully saturated rings. The lowest BCUT2D eigenvalue weighted by Crippen LogP contribution is -2.36. The Morgan fingerprint density at radius 2 is 2.20 bits per heavy atom. The number of hydrogen-bond acceptors (Lipinski definition) is 4. The van der Waals surface area contributed by atoms with Gasteiger partial charge in [0, 0.05) is 22.8 Å². The van der Waals surface area contributed by atoms with Gasteiger partial charge in [-0.05, 0) is 51.8 Å². The van der Waals surface area contributed by atoms with Crippen LogP contribution in [0.4, 0.5) is 4.79 Å². The second kappa shape index (κ2) is 6.71. The monoisotopic (exact) mass is 407 g/mol. The van der Waals surface area contributed by atoms with Crippen LogP contribution in [0.5, 0.6) is 5.75 Å². The van der Waals surface area contributed by atoms with Crippen molar-refractivity contribution in [1.29, 1.82) is 0 Å². The number of nitrogens with one attached hydrogen (secondary N) is 1. The van der Waals surface area contributed by atoms with Crippen LogP contribution >= 0.6 is 15.9 Å². The van der Waals surface area contributed by atoms with Gasteiger partial charge in [-0.3, -0.25) is 4.90 Å². The molecule has 1 aliphatic rings. The Morgan fingerprint density at radius 3 is 2.88 bits per heavy atom. The van der Waals surface area contributed by atoms with Gasteiger partial charge in [0.05, 0.1) is 11.7 Å². The molecule has 1 saturated heterocycles. The van der Waals surface area contributed by atoms with Crippen LogP contribution in [0.2, 0.25) is 0 Å². The van der Waals surface area contributed by atoms with Crippen LogP contribution in [0.25, 0.3) is 11.3 Å². The van der Waals surface area contributed by atoms with Gasteiger partial charge in [-0.25, -0.2) is 9.78 Å². The van der Waals surface area contributed by atoms with Crippen molar-refractivity contribution in [3.8, 4) is 17.0 Å². The minimum absolute atomic E-state index is 0.138. The van der Waals surface area contributed by atoms with E-state index in [1.807, 2.05) is 26.8 Å². The number of ether oxygens (including phenoxy) is 1. The number of nitrogens with zero attached hydrogens (tertiary/aromatic N) is 2. The normalized spacial score (nSPS) is 17.8. The van der Waals surface area contributed by atoms with Crippen molar-refractivity contribution in [2.75, 3.05) is 6.54 Å². The standard InChI is InChI=1S/C18H22BrN3O3/c1-18(2,3)25-17(24)22-8-4-5-14(22)16-20-10-13(21-16)12-7-6-11(19)9-15(12)23/h6-7,9-10,14,23H,4-5,8H2,1-3H3,(H,20,21). The molecule has 0 saturated carbocycles. The lowest BCUT2D eigenvalue weighted by Gasteiger charge is -2.27. The van der Waals surface area contributed by atoms with E-state index in [2.05, 4.69) is 25.9 Å². The fraction of sp³-hybridized carbons (Fsp3) is 0.444. The summed E-state index contributed by atoms with van der Waals surface area (Å²) in [6, 6.07) is 5.15. The van der Waals surface area contributed by atoms with E-state index in [0.29, 0.717) is 23.6 Å². The predicted molar refractivity (Wildman–Crippen MR) is 98.3 cm³/mol. The zero-order valence-electron chi connectivity index (χ0n) is 14.5. The lowest BCUT2D eigenvalue weighted by molar-refractivity contribution is 0.0218. The molecule has 134 valence electrons. The average Bonchev–Trinajstić information content (AvgIpc) is 3.14. The summed E-state index contributed by atoms with van der Waals surface area (Å²) >= 11 is 3.33. The van der Waals surface area contributed by atoms with Crippen molar-refractivity contribution in [2.24, 2.45) is 0 Å². The molecule has 3 rings (SSSR count). The van der Waals surface area contributed by atoms with Crippen LogP contribution in [-0.2, 0) is 4.74 Å². The van der Waals surface area contributed by atoms with Gasteiger partial charge in [0.25, 0.3) is 0 Å². The Bertz CT molecular complexity index is 782. The highest BCUT2D eigenvalue weighted by molar-refractivity contribution is 9.10. The Balaban J connectivity index is 1.82. The van der Waals surface area contributed by atoms with Crippen molar-refractivity contribution >= 4 is 22.0 Å². The highest BCUT2D eigenvalue weighted by atomic mass is 79.9. The Hall–Kier alpha value is -2.02. The molecule has 1 aliphatic heterocycles. The van der Waals surface area contributed by atoms with Gasteiger partial charge < -0.3 is 14.8 Å². The van der Waals surface area contributed by atoms with Crippen LogP contribution in [0.15, 0.2) is 28.9 Å². The number of aromatic nitrogens is 2. The van der Waals surface area contributed by atoms with E-state index in [1.165, 1.54) is 0 Å². The number of amides is 1. The number of phenolic OH excluding ortho intramolecular Hbond substituents is 1. The number of imidazole rings is 1. The Labute approximate surface area is 155 Å². The van der Waals surface area contributed by atoms with Gasteiger partial charge in [-0.1, -0.05) is 15.9 Å². The number of benzene rings is 1. The van der Waals surface area contributed by atoms with E-state index in [0.717, 1.165) is 17.3 Å². The molecule has 7 heteroatoms.